The summed E-state index contributed by atoms with van der Waals surface area (Å²) in [6.45, 7) is 3.49. The zero-order valence-electron chi connectivity index (χ0n) is 15.0. The number of amides is 1. The third kappa shape index (κ3) is 4.64. The Bertz CT molecular complexity index is 705. The molecule has 7 nitrogen and oxygen atoms in total. The first kappa shape index (κ1) is 19.5. The molecule has 140 valence electrons. The number of methoxy groups -OCH3 is 2. The number of benzene rings is 1. The van der Waals surface area contributed by atoms with Gasteiger partial charge in [-0.05, 0) is 31.0 Å². The summed E-state index contributed by atoms with van der Waals surface area (Å²) in [5.74, 6) is 1.02. The SMILES string of the molecule is CCCS(=O)(=O)N1CCCN(C(=O)c2cc(OC)ccc2OC)CC1. The number of sulfonamides is 1. The van der Waals surface area contributed by atoms with Gasteiger partial charge in [-0.2, -0.15) is 0 Å². The van der Waals surface area contributed by atoms with E-state index in [9.17, 15) is 13.2 Å². The van der Waals surface area contributed by atoms with Crippen LogP contribution in [0.1, 0.15) is 30.1 Å². The molecule has 0 N–H and O–H groups in total. The zero-order chi connectivity index (χ0) is 18.4. The van der Waals surface area contributed by atoms with Crippen LogP contribution in [-0.4, -0.2) is 69.7 Å². The van der Waals surface area contributed by atoms with Gasteiger partial charge < -0.3 is 14.4 Å². The summed E-state index contributed by atoms with van der Waals surface area (Å²) in [6, 6.07) is 5.08. The standard InChI is InChI=1S/C17H26N2O5S/c1-4-12-25(21,22)19-9-5-8-18(10-11-19)17(20)15-13-14(23-2)6-7-16(15)24-3/h6-7,13H,4-5,8-12H2,1-3H3. The van der Waals surface area contributed by atoms with E-state index in [1.165, 1.54) is 11.4 Å². The molecule has 1 aromatic rings. The molecule has 1 saturated heterocycles. The van der Waals surface area contributed by atoms with E-state index in [0.717, 1.165) is 0 Å². The van der Waals surface area contributed by atoms with Crippen molar-refractivity contribution in [2.45, 2.75) is 19.8 Å². The van der Waals surface area contributed by atoms with Crippen molar-refractivity contribution in [3.63, 3.8) is 0 Å². The van der Waals surface area contributed by atoms with Crippen molar-refractivity contribution in [1.82, 2.24) is 9.21 Å². The Morgan fingerprint density at radius 3 is 2.52 bits per heavy atom. The number of carbonyl (C=O) groups excluding carboxylic acids is 1. The van der Waals surface area contributed by atoms with Gasteiger partial charge in [0.05, 0.1) is 25.5 Å². The molecular formula is C17H26N2O5S. The van der Waals surface area contributed by atoms with E-state index in [1.54, 1.807) is 30.2 Å². The van der Waals surface area contributed by atoms with Gasteiger partial charge in [0, 0.05) is 26.2 Å². The fourth-order valence-electron chi connectivity index (χ4n) is 2.91. The van der Waals surface area contributed by atoms with Gasteiger partial charge in [0.2, 0.25) is 10.0 Å². The number of nitrogens with zero attached hydrogens (tertiary/aromatic N) is 2. The first-order valence-electron chi connectivity index (χ1n) is 8.42. The van der Waals surface area contributed by atoms with Crippen molar-refractivity contribution in [3.8, 4) is 11.5 Å². The van der Waals surface area contributed by atoms with Crippen molar-refractivity contribution in [2.75, 3.05) is 46.2 Å². The summed E-state index contributed by atoms with van der Waals surface area (Å²) >= 11 is 0. The Hall–Kier alpha value is -1.80. The second-order valence-corrected chi connectivity index (χ2v) is 8.02. The van der Waals surface area contributed by atoms with Crippen LogP contribution in [0.2, 0.25) is 0 Å². The second-order valence-electron chi connectivity index (χ2n) is 5.93. The Morgan fingerprint density at radius 2 is 1.88 bits per heavy atom. The summed E-state index contributed by atoms with van der Waals surface area (Å²) in [6.07, 6.45) is 1.20. The summed E-state index contributed by atoms with van der Waals surface area (Å²) in [5.41, 5.74) is 0.423. The molecule has 1 aliphatic rings. The number of hydrogen-bond acceptors (Lipinski definition) is 5. The van der Waals surface area contributed by atoms with E-state index >= 15 is 0 Å². The van der Waals surface area contributed by atoms with E-state index in [-0.39, 0.29) is 11.7 Å². The molecule has 1 fully saturated rings. The summed E-state index contributed by atoms with van der Waals surface area (Å²) < 4.78 is 36.5. The van der Waals surface area contributed by atoms with Gasteiger partial charge >= 0.3 is 0 Å². The first-order valence-corrected chi connectivity index (χ1v) is 10.0. The van der Waals surface area contributed by atoms with Crippen LogP contribution >= 0.6 is 0 Å². The molecule has 0 bridgehead atoms. The van der Waals surface area contributed by atoms with Crippen molar-refractivity contribution in [3.05, 3.63) is 23.8 Å². The lowest BCUT2D eigenvalue weighted by molar-refractivity contribution is 0.0760. The maximum Gasteiger partial charge on any atom is 0.257 e. The van der Waals surface area contributed by atoms with Gasteiger partial charge in [-0.1, -0.05) is 6.92 Å². The lowest BCUT2D eigenvalue weighted by atomic mass is 10.1. The molecule has 0 aromatic heterocycles. The van der Waals surface area contributed by atoms with Gasteiger partial charge in [0.1, 0.15) is 11.5 Å². The van der Waals surface area contributed by atoms with Crippen LogP contribution in [0.15, 0.2) is 18.2 Å². The molecule has 0 atom stereocenters. The monoisotopic (exact) mass is 370 g/mol. The average molecular weight is 370 g/mol. The summed E-state index contributed by atoms with van der Waals surface area (Å²) in [4.78, 5) is 14.6. The Kier molecular flexibility index (Phi) is 6.66. The quantitative estimate of drug-likeness (QED) is 0.760. The molecule has 0 radical (unpaired) electrons. The van der Waals surface area contributed by atoms with Gasteiger partial charge in [0.25, 0.3) is 5.91 Å². The molecule has 1 aliphatic heterocycles. The van der Waals surface area contributed by atoms with Gasteiger partial charge in [-0.25, -0.2) is 12.7 Å². The summed E-state index contributed by atoms with van der Waals surface area (Å²) in [7, 11) is -0.189. The van der Waals surface area contributed by atoms with Crippen molar-refractivity contribution in [1.29, 1.82) is 0 Å². The molecule has 0 saturated carbocycles. The van der Waals surface area contributed by atoms with E-state index < -0.39 is 10.0 Å². The largest absolute Gasteiger partial charge is 0.497 e. The van der Waals surface area contributed by atoms with Crippen LogP contribution in [0.4, 0.5) is 0 Å². The topological polar surface area (TPSA) is 76.2 Å². The first-order chi connectivity index (χ1) is 11.9. The van der Waals surface area contributed by atoms with Crippen molar-refractivity contribution < 1.29 is 22.7 Å². The maximum absolute atomic E-state index is 12.9. The van der Waals surface area contributed by atoms with Crippen molar-refractivity contribution >= 4 is 15.9 Å². The van der Waals surface area contributed by atoms with E-state index in [1.807, 2.05) is 6.92 Å². The van der Waals surface area contributed by atoms with E-state index in [4.69, 9.17) is 9.47 Å². The highest BCUT2D eigenvalue weighted by atomic mass is 32.2. The Balaban J connectivity index is 2.16. The van der Waals surface area contributed by atoms with Gasteiger partial charge in [0.15, 0.2) is 0 Å². The summed E-state index contributed by atoms with van der Waals surface area (Å²) in [5, 5.41) is 0. The molecule has 0 aliphatic carbocycles. The van der Waals surface area contributed by atoms with E-state index in [2.05, 4.69) is 0 Å². The van der Waals surface area contributed by atoms with Crippen LogP contribution < -0.4 is 9.47 Å². The Labute approximate surface area is 149 Å². The molecule has 1 amide bonds. The molecule has 2 rings (SSSR count). The van der Waals surface area contributed by atoms with Crippen LogP contribution in [0.25, 0.3) is 0 Å². The van der Waals surface area contributed by atoms with Gasteiger partial charge in [-0.3, -0.25) is 4.79 Å². The minimum absolute atomic E-state index is 0.144. The number of ether oxygens (including phenoxy) is 2. The zero-order valence-corrected chi connectivity index (χ0v) is 15.8. The van der Waals surface area contributed by atoms with E-state index in [0.29, 0.717) is 56.1 Å². The molecule has 1 heterocycles. The predicted molar refractivity (Wildman–Crippen MR) is 95.7 cm³/mol. The lowest BCUT2D eigenvalue weighted by Gasteiger charge is -2.22. The fraction of sp³-hybridized carbons (Fsp3) is 0.588. The maximum atomic E-state index is 12.9. The highest BCUT2D eigenvalue weighted by molar-refractivity contribution is 7.89. The minimum atomic E-state index is -3.24. The smallest absolute Gasteiger partial charge is 0.257 e. The molecule has 25 heavy (non-hydrogen) atoms. The van der Waals surface area contributed by atoms with Crippen LogP contribution in [0.5, 0.6) is 11.5 Å². The highest BCUT2D eigenvalue weighted by Gasteiger charge is 2.27. The highest BCUT2D eigenvalue weighted by Crippen LogP contribution is 2.26. The third-order valence-corrected chi connectivity index (χ3v) is 6.31. The lowest BCUT2D eigenvalue weighted by Crippen LogP contribution is -2.38. The average Bonchev–Trinajstić information content (AvgIpc) is 2.87. The minimum Gasteiger partial charge on any atom is -0.497 e. The molecule has 1 aromatic carbocycles. The number of rotatable bonds is 6. The Morgan fingerprint density at radius 1 is 1.12 bits per heavy atom. The molecule has 0 unspecified atom stereocenters. The second kappa shape index (κ2) is 8.53. The molecular weight excluding hydrogens is 344 g/mol. The van der Waals surface area contributed by atoms with Crippen LogP contribution in [0, 0.1) is 0 Å². The third-order valence-electron chi connectivity index (χ3n) is 4.23. The number of hydrogen-bond donors (Lipinski definition) is 0. The fourth-order valence-corrected chi connectivity index (χ4v) is 4.45. The normalized spacial score (nSPS) is 16.4. The molecule has 8 heteroatoms. The van der Waals surface area contributed by atoms with Crippen LogP contribution in [0.3, 0.4) is 0 Å². The predicted octanol–water partition coefficient (Wildman–Crippen LogP) is 1.59. The van der Waals surface area contributed by atoms with Crippen molar-refractivity contribution in [2.24, 2.45) is 0 Å². The van der Waals surface area contributed by atoms with Gasteiger partial charge in [-0.15, -0.1) is 0 Å². The number of carbonyl (C=O) groups is 1. The molecule has 0 spiro atoms. The van der Waals surface area contributed by atoms with Crippen LogP contribution in [-0.2, 0) is 10.0 Å².